The first-order chi connectivity index (χ1) is 15.2. The molecule has 0 N–H and O–H groups in total. The van der Waals surface area contributed by atoms with Crippen molar-refractivity contribution in [1.82, 2.24) is 9.29 Å². The second-order valence-corrected chi connectivity index (χ2v) is 10.7. The molecule has 1 fully saturated rings. The highest BCUT2D eigenvalue weighted by Crippen LogP contribution is 2.35. The number of rotatable bonds is 5. The number of nitrogens with zero attached hydrogens (tertiary/aromatic N) is 3. The lowest BCUT2D eigenvalue weighted by Crippen LogP contribution is -2.49. The van der Waals surface area contributed by atoms with E-state index in [9.17, 15) is 22.0 Å². The van der Waals surface area contributed by atoms with Gasteiger partial charge in [-0.05, 0) is 47.1 Å². The number of benzene rings is 2. The molecule has 2 heterocycles. The smallest absolute Gasteiger partial charge is 0.338 e. The van der Waals surface area contributed by atoms with E-state index in [1.807, 2.05) is 4.90 Å². The average molecular weight is 546 g/mol. The van der Waals surface area contributed by atoms with Crippen molar-refractivity contribution in [1.29, 1.82) is 0 Å². The number of hydrogen-bond donors (Lipinski definition) is 0. The van der Waals surface area contributed by atoms with Gasteiger partial charge in [-0.1, -0.05) is 17.4 Å². The molecule has 1 aliphatic heterocycles. The molecule has 12 heteroatoms. The van der Waals surface area contributed by atoms with Crippen molar-refractivity contribution in [2.45, 2.75) is 11.8 Å². The van der Waals surface area contributed by atoms with Crippen LogP contribution in [0.5, 0.6) is 0 Å². The standard InChI is InChI=1S/C20H18BrF2N3O4S2/c1-2-30-19(27)12-10-13(21)17-16(11-12)31-20(24-17)25-6-8-26(9-7-25)32(28,29)18-14(22)4-3-5-15(18)23/h3-5,10-11H,2,6-9H2,1H3. The molecular formula is C20H18BrF2N3O4S2. The van der Waals surface area contributed by atoms with Crippen LogP contribution in [0, 0.1) is 11.6 Å². The van der Waals surface area contributed by atoms with Crippen molar-refractivity contribution in [2.24, 2.45) is 0 Å². The predicted molar refractivity (Wildman–Crippen MR) is 121 cm³/mol. The number of carbonyl (C=O) groups is 1. The fraction of sp³-hybridized carbons (Fsp3) is 0.300. The Balaban J connectivity index is 1.54. The number of sulfonamides is 1. The highest BCUT2D eigenvalue weighted by molar-refractivity contribution is 9.10. The van der Waals surface area contributed by atoms with Gasteiger partial charge in [0.1, 0.15) is 11.6 Å². The van der Waals surface area contributed by atoms with Crippen molar-refractivity contribution in [3.8, 4) is 0 Å². The summed E-state index contributed by atoms with van der Waals surface area (Å²) < 4.78 is 61.2. The number of esters is 1. The zero-order valence-electron chi connectivity index (χ0n) is 16.8. The van der Waals surface area contributed by atoms with Gasteiger partial charge in [-0.15, -0.1) is 0 Å². The van der Waals surface area contributed by atoms with Crippen molar-refractivity contribution in [3.63, 3.8) is 0 Å². The molecule has 3 aromatic rings. The zero-order valence-corrected chi connectivity index (χ0v) is 20.1. The summed E-state index contributed by atoms with van der Waals surface area (Å²) in [5.74, 6) is -2.65. The number of halogens is 3. The Bertz CT molecular complexity index is 1270. The van der Waals surface area contributed by atoms with Gasteiger partial charge in [-0.3, -0.25) is 0 Å². The Morgan fingerprint density at radius 2 is 1.84 bits per heavy atom. The summed E-state index contributed by atoms with van der Waals surface area (Å²) in [4.78, 5) is 17.7. The van der Waals surface area contributed by atoms with E-state index < -0.39 is 32.5 Å². The van der Waals surface area contributed by atoms with Gasteiger partial charge in [0.2, 0.25) is 10.0 Å². The number of thiazole rings is 1. The number of anilines is 1. The number of hydrogen-bond acceptors (Lipinski definition) is 7. The third-order valence-corrected chi connectivity index (χ3v) is 8.59. The minimum Gasteiger partial charge on any atom is -0.462 e. The molecule has 0 amide bonds. The lowest BCUT2D eigenvalue weighted by atomic mass is 10.2. The molecule has 0 aliphatic carbocycles. The third-order valence-electron chi connectivity index (χ3n) is 4.97. The molecule has 0 bridgehead atoms. The molecule has 0 spiro atoms. The molecule has 0 atom stereocenters. The van der Waals surface area contributed by atoms with Crippen molar-refractivity contribution < 1.29 is 26.7 Å². The zero-order chi connectivity index (χ0) is 23.0. The van der Waals surface area contributed by atoms with Gasteiger partial charge in [0.15, 0.2) is 10.0 Å². The molecule has 0 radical (unpaired) electrons. The second kappa shape index (κ2) is 9.00. The minimum atomic E-state index is -4.30. The van der Waals surface area contributed by atoms with E-state index in [1.165, 1.54) is 11.3 Å². The van der Waals surface area contributed by atoms with Crippen molar-refractivity contribution in [2.75, 3.05) is 37.7 Å². The van der Waals surface area contributed by atoms with E-state index in [-0.39, 0.29) is 19.7 Å². The van der Waals surface area contributed by atoms with Crippen LogP contribution in [0.15, 0.2) is 39.7 Å². The van der Waals surface area contributed by atoms with E-state index in [0.29, 0.717) is 33.8 Å². The topological polar surface area (TPSA) is 79.8 Å². The van der Waals surface area contributed by atoms with E-state index in [2.05, 4.69) is 20.9 Å². The van der Waals surface area contributed by atoms with Crippen LogP contribution < -0.4 is 4.90 Å². The number of aromatic nitrogens is 1. The summed E-state index contributed by atoms with van der Waals surface area (Å²) in [6.07, 6.45) is 0. The Morgan fingerprint density at radius 3 is 2.47 bits per heavy atom. The Labute approximate surface area is 195 Å². The highest BCUT2D eigenvalue weighted by atomic mass is 79.9. The van der Waals surface area contributed by atoms with Gasteiger partial charge in [0.05, 0.1) is 22.4 Å². The maximum Gasteiger partial charge on any atom is 0.338 e. The number of fused-ring (bicyclic) bond motifs is 1. The number of ether oxygens (including phenoxy) is 1. The van der Waals surface area contributed by atoms with Gasteiger partial charge in [0.25, 0.3) is 0 Å². The Kier molecular flexibility index (Phi) is 6.48. The summed E-state index contributed by atoms with van der Waals surface area (Å²) in [7, 11) is -4.30. The van der Waals surface area contributed by atoms with Gasteiger partial charge >= 0.3 is 5.97 Å². The summed E-state index contributed by atoms with van der Waals surface area (Å²) >= 11 is 4.81. The fourth-order valence-corrected chi connectivity index (χ4v) is 6.72. The van der Waals surface area contributed by atoms with Crippen molar-refractivity contribution in [3.05, 3.63) is 52.0 Å². The molecule has 1 aromatic heterocycles. The van der Waals surface area contributed by atoms with Crippen LogP contribution >= 0.6 is 27.3 Å². The molecule has 32 heavy (non-hydrogen) atoms. The van der Waals surface area contributed by atoms with Gasteiger partial charge < -0.3 is 9.64 Å². The quantitative estimate of drug-likeness (QED) is 0.450. The molecular weight excluding hydrogens is 528 g/mol. The third kappa shape index (κ3) is 4.24. The highest BCUT2D eigenvalue weighted by Gasteiger charge is 2.33. The van der Waals surface area contributed by atoms with Crippen LogP contribution in [0.3, 0.4) is 0 Å². The monoisotopic (exact) mass is 545 g/mol. The number of piperazine rings is 1. The largest absolute Gasteiger partial charge is 0.462 e. The summed E-state index contributed by atoms with van der Waals surface area (Å²) in [6, 6.07) is 6.34. The Hall–Kier alpha value is -2.15. The van der Waals surface area contributed by atoms with E-state index in [0.717, 1.165) is 27.2 Å². The van der Waals surface area contributed by atoms with Crippen LogP contribution in [-0.4, -0.2) is 56.5 Å². The van der Waals surface area contributed by atoms with E-state index in [4.69, 9.17) is 4.74 Å². The summed E-state index contributed by atoms with van der Waals surface area (Å²) in [5, 5.41) is 0.663. The molecule has 2 aromatic carbocycles. The molecule has 1 aliphatic rings. The van der Waals surface area contributed by atoms with Crippen LogP contribution in [0.1, 0.15) is 17.3 Å². The molecule has 1 saturated heterocycles. The molecule has 7 nitrogen and oxygen atoms in total. The summed E-state index contributed by atoms with van der Waals surface area (Å²) in [5.41, 5.74) is 1.09. The van der Waals surface area contributed by atoms with Crippen LogP contribution in [-0.2, 0) is 14.8 Å². The van der Waals surface area contributed by atoms with Gasteiger partial charge in [-0.2, -0.15) is 4.31 Å². The van der Waals surface area contributed by atoms with Crippen LogP contribution in [0.25, 0.3) is 10.2 Å². The van der Waals surface area contributed by atoms with Gasteiger partial charge in [-0.25, -0.2) is 27.0 Å². The molecule has 4 rings (SSSR count). The van der Waals surface area contributed by atoms with Crippen LogP contribution in [0.2, 0.25) is 0 Å². The first kappa shape index (κ1) is 23.0. The lowest BCUT2D eigenvalue weighted by molar-refractivity contribution is 0.0526. The predicted octanol–water partition coefficient (Wildman–Crippen LogP) is 4.02. The normalized spacial score (nSPS) is 15.3. The van der Waals surface area contributed by atoms with Gasteiger partial charge in [0, 0.05) is 30.7 Å². The lowest BCUT2D eigenvalue weighted by Gasteiger charge is -2.33. The average Bonchev–Trinajstić information content (AvgIpc) is 3.19. The summed E-state index contributed by atoms with van der Waals surface area (Å²) in [6.45, 7) is 2.72. The second-order valence-electron chi connectivity index (χ2n) is 6.96. The fourth-order valence-electron chi connectivity index (χ4n) is 3.42. The maximum absolute atomic E-state index is 14.0. The van der Waals surface area contributed by atoms with E-state index in [1.54, 1.807) is 19.1 Å². The minimum absolute atomic E-state index is 0.0568. The number of carbonyl (C=O) groups excluding carboxylic acids is 1. The SMILES string of the molecule is CCOC(=O)c1cc(Br)c2nc(N3CCN(S(=O)(=O)c4c(F)cccc4F)CC3)sc2c1. The first-order valence-corrected chi connectivity index (χ1v) is 12.7. The van der Waals surface area contributed by atoms with E-state index >= 15 is 0 Å². The molecule has 0 saturated carbocycles. The first-order valence-electron chi connectivity index (χ1n) is 9.68. The molecule has 0 unspecified atom stereocenters. The molecule has 170 valence electrons. The van der Waals surface area contributed by atoms with Crippen molar-refractivity contribution >= 4 is 58.6 Å². The Morgan fingerprint density at radius 1 is 1.19 bits per heavy atom. The van der Waals surface area contributed by atoms with Crippen LogP contribution in [0.4, 0.5) is 13.9 Å². The maximum atomic E-state index is 14.0.